The molecular weight excluding hydrogens is 412 g/mol. The molecule has 1 aliphatic heterocycles. The van der Waals surface area contributed by atoms with Crippen LogP contribution in [-0.2, 0) is 0 Å². The second-order valence-corrected chi connectivity index (χ2v) is 7.98. The average Bonchev–Trinajstić information content (AvgIpc) is 2.79. The van der Waals surface area contributed by atoms with Crippen molar-refractivity contribution in [3.63, 3.8) is 0 Å². The number of allylic oxidation sites excluding steroid dienone is 1. The molecule has 3 rings (SSSR count). The van der Waals surface area contributed by atoms with Gasteiger partial charge in [0.25, 0.3) is 0 Å². The van der Waals surface area contributed by atoms with Crippen molar-refractivity contribution in [3.8, 4) is 0 Å². The average molecular weight is 424 g/mol. The van der Waals surface area contributed by atoms with Gasteiger partial charge in [0.2, 0.25) is 0 Å². The van der Waals surface area contributed by atoms with Crippen LogP contribution in [0.25, 0.3) is 4.47 Å². The molecular formula is C16H12INSe. The predicted molar refractivity (Wildman–Crippen MR) is 91.4 cm³/mol. The van der Waals surface area contributed by atoms with E-state index in [0.29, 0.717) is 15.0 Å². The maximum atomic E-state index is 4.84. The van der Waals surface area contributed by atoms with Crippen LogP contribution in [0.4, 0.5) is 5.69 Å². The molecule has 0 aliphatic carbocycles. The molecule has 94 valence electrons. The fourth-order valence-electron chi connectivity index (χ4n) is 2.03. The fraction of sp³-hybridized carbons (Fsp3) is 0.0625. The Hall–Kier alpha value is -0.901. The fourth-order valence-corrected chi connectivity index (χ4v) is 5.12. The van der Waals surface area contributed by atoms with E-state index in [-0.39, 0.29) is 0 Å². The van der Waals surface area contributed by atoms with Gasteiger partial charge in [-0.3, -0.25) is 0 Å². The van der Waals surface area contributed by atoms with Crippen LogP contribution in [0.1, 0.15) is 18.1 Å². The van der Waals surface area contributed by atoms with Gasteiger partial charge < -0.3 is 0 Å². The molecule has 19 heavy (non-hydrogen) atoms. The molecule has 0 fully saturated rings. The van der Waals surface area contributed by atoms with E-state index in [1.807, 2.05) is 18.2 Å². The normalized spacial score (nSPS) is 18.5. The number of fused-ring (bicyclic) bond motifs is 1. The molecule has 0 saturated heterocycles. The molecule has 0 atom stereocenters. The number of halogens is 1. The van der Waals surface area contributed by atoms with E-state index in [0.717, 1.165) is 5.69 Å². The number of hydrogen-bond acceptors (Lipinski definition) is 1. The number of rotatable bonds is 1. The molecule has 0 spiro atoms. The van der Waals surface area contributed by atoms with E-state index in [9.17, 15) is 0 Å². The molecule has 0 saturated carbocycles. The van der Waals surface area contributed by atoms with Gasteiger partial charge in [-0.1, -0.05) is 0 Å². The summed E-state index contributed by atoms with van der Waals surface area (Å²) in [7, 11) is 0. The Morgan fingerprint density at radius 1 is 0.947 bits per heavy atom. The van der Waals surface area contributed by atoms with Crippen LogP contribution in [0, 0.1) is 0 Å². The van der Waals surface area contributed by atoms with E-state index < -0.39 is 0 Å². The van der Waals surface area contributed by atoms with Gasteiger partial charge in [-0.2, -0.15) is 0 Å². The Morgan fingerprint density at radius 3 is 2.26 bits per heavy atom. The zero-order valence-corrected chi connectivity index (χ0v) is 14.3. The number of nitrogens with zero attached hydrogens (tertiary/aromatic N) is 1. The Balaban J connectivity index is 2.12. The number of hydrogen-bond donors (Lipinski definition) is 0. The summed E-state index contributed by atoms with van der Waals surface area (Å²) in [6.45, 7) is 2.18. The molecule has 3 heteroatoms. The molecule has 1 aliphatic rings. The molecule has 0 bridgehead atoms. The first-order valence-corrected chi connectivity index (χ1v) is 8.82. The zero-order valence-electron chi connectivity index (χ0n) is 10.4. The molecule has 0 N–H and O–H groups in total. The van der Waals surface area contributed by atoms with Crippen LogP contribution in [-0.4, -0.2) is 19.6 Å². The minimum absolute atomic E-state index is 0.310. The Bertz CT molecular complexity index is 670. The van der Waals surface area contributed by atoms with Crippen LogP contribution in [0.5, 0.6) is 0 Å². The summed E-state index contributed by atoms with van der Waals surface area (Å²) in [6, 6.07) is 18.8. The molecule has 1 heterocycles. The third kappa shape index (κ3) is 2.69. The Labute approximate surface area is 133 Å². The summed E-state index contributed by atoms with van der Waals surface area (Å²) in [5.41, 5.74) is 3.71. The van der Waals surface area contributed by atoms with Crippen molar-refractivity contribution in [2.75, 3.05) is 0 Å². The predicted octanol–water partition coefficient (Wildman–Crippen LogP) is 4.61. The van der Waals surface area contributed by atoms with Crippen molar-refractivity contribution < 1.29 is 0 Å². The first-order valence-electron chi connectivity index (χ1n) is 6.03. The summed E-state index contributed by atoms with van der Waals surface area (Å²) in [5, 5.41) is 0. The van der Waals surface area contributed by atoms with E-state index in [4.69, 9.17) is 4.99 Å². The van der Waals surface area contributed by atoms with Gasteiger partial charge in [-0.05, 0) is 0 Å². The van der Waals surface area contributed by atoms with Crippen molar-refractivity contribution in [1.29, 1.82) is 0 Å². The van der Waals surface area contributed by atoms with Crippen LogP contribution < -0.4 is 0 Å². The molecule has 2 aromatic carbocycles. The zero-order chi connectivity index (χ0) is 13.2. The first-order chi connectivity index (χ1) is 9.25. The van der Waals surface area contributed by atoms with Crippen LogP contribution in [0.2, 0.25) is 0 Å². The SMILES string of the molecule is C/C(I)=C1/[Se]C(=Nc2ccccc2)c2ccccc21. The monoisotopic (exact) mass is 425 g/mol. The van der Waals surface area contributed by atoms with Crippen molar-refractivity contribution in [2.45, 2.75) is 6.92 Å². The van der Waals surface area contributed by atoms with E-state index >= 15 is 0 Å². The first kappa shape index (κ1) is 13.1. The van der Waals surface area contributed by atoms with Gasteiger partial charge in [-0.15, -0.1) is 0 Å². The molecule has 0 aromatic heterocycles. The number of aliphatic imine (C=N–C) groups is 1. The quantitative estimate of drug-likeness (QED) is 0.469. The third-order valence-electron chi connectivity index (χ3n) is 2.90. The van der Waals surface area contributed by atoms with Crippen LogP contribution >= 0.6 is 22.6 Å². The van der Waals surface area contributed by atoms with Gasteiger partial charge in [-0.25, -0.2) is 0 Å². The van der Waals surface area contributed by atoms with Crippen LogP contribution in [0.3, 0.4) is 0 Å². The topological polar surface area (TPSA) is 12.4 Å². The number of benzene rings is 2. The molecule has 0 amide bonds. The minimum atomic E-state index is 0.310. The summed E-state index contributed by atoms with van der Waals surface area (Å²) in [5.74, 6) is 0. The summed E-state index contributed by atoms with van der Waals surface area (Å²) >= 11 is 2.73. The van der Waals surface area contributed by atoms with Gasteiger partial charge in [0, 0.05) is 0 Å². The van der Waals surface area contributed by atoms with Gasteiger partial charge >= 0.3 is 134 Å². The van der Waals surface area contributed by atoms with Crippen molar-refractivity contribution in [3.05, 3.63) is 69.3 Å². The third-order valence-corrected chi connectivity index (χ3v) is 6.85. The maximum absolute atomic E-state index is 4.84. The molecule has 1 nitrogen and oxygen atoms in total. The van der Waals surface area contributed by atoms with E-state index in [1.165, 1.54) is 23.8 Å². The number of para-hydroxylation sites is 1. The van der Waals surface area contributed by atoms with Crippen LogP contribution in [0.15, 0.2) is 63.2 Å². The molecule has 2 aromatic rings. The van der Waals surface area contributed by atoms with E-state index in [1.54, 1.807) is 0 Å². The van der Waals surface area contributed by atoms with Crippen molar-refractivity contribution >= 4 is 52.3 Å². The van der Waals surface area contributed by atoms with Crippen molar-refractivity contribution in [1.82, 2.24) is 0 Å². The van der Waals surface area contributed by atoms with Crippen molar-refractivity contribution in [2.24, 2.45) is 4.99 Å². The van der Waals surface area contributed by atoms with Gasteiger partial charge in [0.05, 0.1) is 0 Å². The second kappa shape index (κ2) is 5.61. The summed E-state index contributed by atoms with van der Waals surface area (Å²) in [6.07, 6.45) is 0. The molecule has 0 unspecified atom stereocenters. The summed E-state index contributed by atoms with van der Waals surface area (Å²) in [4.78, 5) is 4.84. The molecule has 0 radical (unpaired) electrons. The van der Waals surface area contributed by atoms with E-state index in [2.05, 4.69) is 65.9 Å². The van der Waals surface area contributed by atoms with Gasteiger partial charge in [0.1, 0.15) is 0 Å². The van der Waals surface area contributed by atoms with Gasteiger partial charge in [0.15, 0.2) is 0 Å². The Kier molecular flexibility index (Phi) is 3.87. The second-order valence-electron chi connectivity index (χ2n) is 4.26. The summed E-state index contributed by atoms with van der Waals surface area (Å²) < 4.78 is 4.09. The standard InChI is InChI=1S/C16H12INSe/c1-11(17)15-13-9-5-6-10-14(13)16(19-15)18-12-7-3-2-4-8-12/h2-10H,1H3/b15-11-,18-16?. The Morgan fingerprint density at radius 2 is 1.58 bits per heavy atom.